The van der Waals surface area contributed by atoms with Gasteiger partial charge in [0.25, 0.3) is 0 Å². The van der Waals surface area contributed by atoms with Crippen molar-refractivity contribution in [2.45, 2.75) is 50.4 Å². The molecule has 10 nitrogen and oxygen atoms in total. The molecule has 4 aliphatic rings. The fourth-order valence-corrected chi connectivity index (χ4v) is 7.42. The maximum atomic E-state index is 14.5. The Morgan fingerprint density at radius 1 is 0.825 bits per heavy atom. The highest BCUT2D eigenvalue weighted by Gasteiger charge is 2.69. The summed E-state index contributed by atoms with van der Waals surface area (Å²) in [5.41, 5.74) is -2.30. The van der Waals surface area contributed by atoms with Crippen molar-refractivity contribution in [2.75, 3.05) is 0 Å². The van der Waals surface area contributed by atoms with Crippen molar-refractivity contribution in [2.24, 2.45) is 5.92 Å². The predicted molar refractivity (Wildman–Crippen MR) is 139 cm³/mol. The second-order valence-corrected chi connectivity index (χ2v) is 11.2. The molecule has 0 saturated heterocycles. The van der Waals surface area contributed by atoms with E-state index in [1.165, 1.54) is 18.2 Å². The maximum absolute atomic E-state index is 14.5. The molecule has 204 valence electrons. The van der Waals surface area contributed by atoms with Crippen LogP contribution in [0.25, 0.3) is 16.5 Å². The van der Waals surface area contributed by atoms with Gasteiger partial charge in [-0.2, -0.15) is 0 Å². The molecule has 0 aromatic heterocycles. The summed E-state index contributed by atoms with van der Waals surface area (Å²) in [7, 11) is 0. The first-order valence-electron chi connectivity index (χ1n) is 12.8. The highest BCUT2D eigenvalue weighted by Crippen LogP contribution is 2.63. The Morgan fingerprint density at radius 3 is 2.20 bits per heavy atom. The smallest absolute Gasteiger partial charge is 0.212 e. The van der Waals surface area contributed by atoms with E-state index >= 15 is 0 Å². The van der Waals surface area contributed by atoms with Crippen LogP contribution < -0.4 is 4.74 Å². The van der Waals surface area contributed by atoms with Gasteiger partial charge in [0, 0.05) is 41.2 Å². The number of fused-ring (bicyclic) bond motifs is 4. The number of ether oxygens (including phenoxy) is 1. The van der Waals surface area contributed by atoms with E-state index in [2.05, 4.69) is 0 Å². The Balaban J connectivity index is 1.67. The molecule has 1 aliphatic heterocycles. The van der Waals surface area contributed by atoms with E-state index in [4.69, 9.17) is 4.74 Å². The van der Waals surface area contributed by atoms with Crippen molar-refractivity contribution in [3.63, 3.8) is 0 Å². The molecular weight excluding hydrogens is 520 g/mol. The molecule has 0 bridgehead atoms. The van der Waals surface area contributed by atoms with Crippen LogP contribution in [-0.4, -0.2) is 65.8 Å². The van der Waals surface area contributed by atoms with E-state index in [0.29, 0.717) is 11.1 Å². The Labute approximate surface area is 226 Å². The molecule has 3 aromatic carbocycles. The monoisotopic (exact) mass is 544 g/mol. The summed E-state index contributed by atoms with van der Waals surface area (Å²) in [6.07, 6.45) is -3.96. The molecule has 7 rings (SSSR count). The second-order valence-electron chi connectivity index (χ2n) is 11.2. The van der Waals surface area contributed by atoms with Crippen LogP contribution in [0.1, 0.15) is 61.7 Å². The molecule has 3 aromatic rings. The quantitative estimate of drug-likeness (QED) is 0.246. The normalized spacial score (nSPS) is 28.6. The van der Waals surface area contributed by atoms with Gasteiger partial charge in [0.05, 0.1) is 34.3 Å². The van der Waals surface area contributed by atoms with Crippen LogP contribution in [0.5, 0.6) is 23.0 Å². The number of aryl methyl sites for hydroxylation is 2. The molecule has 0 amide bonds. The molecule has 1 heterocycles. The lowest BCUT2D eigenvalue weighted by Gasteiger charge is -2.55. The number of Topliss-reactive ketones (excluding diaryl/α,β-unsaturated/α-hetero) is 3. The zero-order chi connectivity index (χ0) is 28.6. The fraction of sp³-hybridized carbons (Fsp3) is 0.300. The predicted octanol–water partition coefficient (Wildman–Crippen LogP) is 2.85. The van der Waals surface area contributed by atoms with Gasteiger partial charge in [-0.05, 0) is 49.2 Å². The summed E-state index contributed by atoms with van der Waals surface area (Å²) in [4.78, 5) is 41.2. The number of benzene rings is 3. The number of ketones is 3. The Hall–Kier alpha value is -4.41. The summed E-state index contributed by atoms with van der Waals surface area (Å²) in [6.45, 7) is 3.30. The number of aliphatic hydroxyl groups is 3. The minimum absolute atomic E-state index is 0.0623. The van der Waals surface area contributed by atoms with E-state index in [1.54, 1.807) is 19.9 Å². The molecule has 5 unspecified atom stereocenters. The number of hydrogen-bond acceptors (Lipinski definition) is 10. The van der Waals surface area contributed by atoms with E-state index in [-0.39, 0.29) is 44.5 Å². The van der Waals surface area contributed by atoms with Gasteiger partial charge in [0.15, 0.2) is 11.6 Å². The van der Waals surface area contributed by atoms with E-state index in [0.717, 1.165) is 0 Å². The Bertz CT molecular complexity index is 1800. The molecule has 10 heteroatoms. The summed E-state index contributed by atoms with van der Waals surface area (Å²) in [6, 6.07) is 5.70. The Kier molecular flexibility index (Phi) is 4.69. The van der Waals surface area contributed by atoms with Crippen LogP contribution in [0.2, 0.25) is 0 Å². The van der Waals surface area contributed by atoms with E-state index in [9.17, 15) is 45.0 Å². The van der Waals surface area contributed by atoms with Crippen LogP contribution in [0.3, 0.4) is 0 Å². The molecule has 0 radical (unpaired) electrons. The topological polar surface area (TPSA) is 182 Å². The standard InChI is InChI=1S/C30H24O10/c1-9-3-11-19(13(31)5-9)26(37)22-16(34)7-15(33)21-23(22)28(11)40-30-24(21)17(35)8-18(36)25(30)27(38)20-12(29(30)39)4-10(2)6-14(20)32/h3-6,15,17,21,24,31-33,35,37-38H,7-8H2,1-2H3. The van der Waals surface area contributed by atoms with Crippen LogP contribution in [0.15, 0.2) is 29.8 Å². The zero-order valence-electron chi connectivity index (χ0n) is 21.3. The van der Waals surface area contributed by atoms with Gasteiger partial charge in [-0.1, -0.05) is 0 Å². The second kappa shape index (κ2) is 7.61. The molecular formula is C30H24O10. The van der Waals surface area contributed by atoms with Gasteiger partial charge in [-0.3, -0.25) is 14.4 Å². The van der Waals surface area contributed by atoms with Crippen LogP contribution in [0.4, 0.5) is 0 Å². The van der Waals surface area contributed by atoms with Gasteiger partial charge in [-0.15, -0.1) is 0 Å². The molecule has 1 saturated carbocycles. The third kappa shape index (κ3) is 2.72. The fourth-order valence-electron chi connectivity index (χ4n) is 7.42. The van der Waals surface area contributed by atoms with Crippen molar-refractivity contribution in [1.82, 2.24) is 0 Å². The number of phenols is 3. The maximum Gasteiger partial charge on any atom is 0.212 e. The van der Waals surface area contributed by atoms with Gasteiger partial charge >= 0.3 is 0 Å². The third-order valence-electron chi connectivity index (χ3n) is 8.81. The summed E-state index contributed by atoms with van der Waals surface area (Å²) < 4.78 is 6.49. The van der Waals surface area contributed by atoms with E-state index < -0.39 is 82.7 Å². The lowest BCUT2D eigenvalue weighted by molar-refractivity contribution is -0.132. The lowest BCUT2D eigenvalue weighted by atomic mass is 9.54. The first-order valence-corrected chi connectivity index (χ1v) is 12.8. The molecule has 3 aliphatic carbocycles. The number of carbonyl (C=O) groups excluding carboxylic acids is 3. The Morgan fingerprint density at radius 2 is 1.48 bits per heavy atom. The first kappa shape index (κ1) is 24.6. The van der Waals surface area contributed by atoms with E-state index in [1.807, 2.05) is 0 Å². The average Bonchev–Trinajstić information content (AvgIpc) is 2.85. The van der Waals surface area contributed by atoms with Crippen LogP contribution >= 0.6 is 0 Å². The zero-order valence-corrected chi connectivity index (χ0v) is 21.3. The minimum atomic E-state index is -2.34. The molecule has 1 fully saturated rings. The molecule has 1 spiro atoms. The van der Waals surface area contributed by atoms with Crippen molar-refractivity contribution >= 4 is 33.9 Å². The van der Waals surface area contributed by atoms with Gasteiger partial charge < -0.3 is 35.4 Å². The average molecular weight is 545 g/mol. The van der Waals surface area contributed by atoms with Crippen molar-refractivity contribution in [3.8, 4) is 23.0 Å². The minimum Gasteiger partial charge on any atom is -0.507 e. The van der Waals surface area contributed by atoms with Crippen LogP contribution in [-0.2, 0) is 4.79 Å². The largest absolute Gasteiger partial charge is 0.507 e. The number of aliphatic hydroxyl groups excluding tert-OH is 3. The summed E-state index contributed by atoms with van der Waals surface area (Å²) in [5, 5.41) is 66.8. The molecule has 5 atom stereocenters. The highest BCUT2D eigenvalue weighted by molar-refractivity contribution is 6.23. The molecule has 6 N–H and O–H groups in total. The third-order valence-corrected chi connectivity index (χ3v) is 8.81. The van der Waals surface area contributed by atoms with Gasteiger partial charge in [-0.25, -0.2) is 0 Å². The summed E-state index contributed by atoms with van der Waals surface area (Å²) in [5.74, 6) is -6.86. The number of hydrogen-bond donors (Lipinski definition) is 6. The highest BCUT2D eigenvalue weighted by atomic mass is 16.5. The van der Waals surface area contributed by atoms with Crippen molar-refractivity contribution in [3.05, 3.63) is 63.2 Å². The lowest BCUT2D eigenvalue weighted by Crippen LogP contribution is -2.67. The first-order chi connectivity index (χ1) is 18.9. The van der Waals surface area contributed by atoms with Gasteiger partial charge in [0.2, 0.25) is 11.4 Å². The number of aromatic hydroxyl groups is 3. The number of phenolic OH excluding ortho intramolecular Hbond substituents is 3. The summed E-state index contributed by atoms with van der Waals surface area (Å²) >= 11 is 0. The number of carbonyl (C=O) groups is 3. The van der Waals surface area contributed by atoms with Crippen molar-refractivity contribution < 1.29 is 49.8 Å². The molecule has 40 heavy (non-hydrogen) atoms. The van der Waals surface area contributed by atoms with Crippen LogP contribution in [0, 0.1) is 19.8 Å². The van der Waals surface area contributed by atoms with Crippen molar-refractivity contribution in [1.29, 1.82) is 0 Å². The van der Waals surface area contributed by atoms with Gasteiger partial charge in [0.1, 0.15) is 28.8 Å². The number of rotatable bonds is 0. The SMILES string of the molecule is Cc1cc(O)c2c(c1)C(=O)C13Oc4c5c(c(O)c6c(O)cc(C)cc46)C(=O)CC(O)C5C1C(O)CC(=O)C3=C2O.